The van der Waals surface area contributed by atoms with E-state index >= 15 is 0 Å². The van der Waals surface area contributed by atoms with E-state index in [0.29, 0.717) is 10.5 Å². The van der Waals surface area contributed by atoms with Crippen molar-refractivity contribution in [2.24, 2.45) is 0 Å². The second kappa shape index (κ2) is 10.4. The molecule has 0 saturated heterocycles. The van der Waals surface area contributed by atoms with Gasteiger partial charge in [0.15, 0.2) is 0 Å². The van der Waals surface area contributed by atoms with Crippen molar-refractivity contribution in [1.82, 2.24) is 5.32 Å². The van der Waals surface area contributed by atoms with Gasteiger partial charge < -0.3 is 5.32 Å². The summed E-state index contributed by atoms with van der Waals surface area (Å²) in [5, 5.41) is 23.9. The molecule has 32 heavy (non-hydrogen) atoms. The molecule has 6 nitrogen and oxygen atoms in total. The molecule has 3 aromatic carbocycles. The van der Waals surface area contributed by atoms with E-state index in [0.717, 1.165) is 16.0 Å². The minimum Gasteiger partial charge on any atom is -0.345 e. The third kappa shape index (κ3) is 5.84. The molecule has 0 radical (unpaired) electrons. The quantitative estimate of drug-likeness (QED) is 0.214. The molecule has 1 amide bonds. The highest BCUT2D eigenvalue weighted by atomic mass is 32.2. The molecule has 3 aromatic rings. The molecule has 1 atom stereocenters. The van der Waals surface area contributed by atoms with Gasteiger partial charge >= 0.3 is 0 Å². The van der Waals surface area contributed by atoms with Crippen molar-refractivity contribution in [2.45, 2.75) is 29.7 Å². The van der Waals surface area contributed by atoms with Gasteiger partial charge in [-0.1, -0.05) is 65.9 Å². The van der Waals surface area contributed by atoms with Crippen LogP contribution in [0.4, 0.5) is 5.69 Å². The smallest absolute Gasteiger partial charge is 0.283 e. The van der Waals surface area contributed by atoms with Crippen molar-refractivity contribution in [1.29, 1.82) is 5.26 Å². The van der Waals surface area contributed by atoms with Crippen LogP contribution in [0.2, 0.25) is 0 Å². The first kappa shape index (κ1) is 22.8. The number of nitro groups is 1. The topological polar surface area (TPSA) is 96.0 Å². The minimum atomic E-state index is -0.537. The number of carbonyl (C=O) groups excluding carboxylic acids is 1. The highest BCUT2D eigenvalue weighted by Crippen LogP contribution is 2.35. The zero-order chi connectivity index (χ0) is 23.1. The van der Waals surface area contributed by atoms with Gasteiger partial charge in [0.25, 0.3) is 11.6 Å². The van der Waals surface area contributed by atoms with Crippen molar-refractivity contribution in [3.05, 3.63) is 105 Å². The molecule has 0 aromatic heterocycles. The van der Waals surface area contributed by atoms with Crippen molar-refractivity contribution in [2.75, 3.05) is 0 Å². The fourth-order valence-electron chi connectivity index (χ4n) is 3.00. The molecular weight excluding hydrogens is 422 g/mol. The average molecular weight is 444 g/mol. The van der Waals surface area contributed by atoms with Gasteiger partial charge in [0.05, 0.1) is 15.9 Å². The van der Waals surface area contributed by atoms with Crippen molar-refractivity contribution < 1.29 is 9.72 Å². The van der Waals surface area contributed by atoms with E-state index in [2.05, 4.69) is 5.32 Å². The summed E-state index contributed by atoms with van der Waals surface area (Å²) in [6.45, 7) is 3.80. The van der Waals surface area contributed by atoms with Crippen molar-refractivity contribution in [3.63, 3.8) is 0 Å². The van der Waals surface area contributed by atoms with E-state index in [-0.39, 0.29) is 17.3 Å². The first-order chi connectivity index (χ1) is 15.4. The summed E-state index contributed by atoms with van der Waals surface area (Å²) < 4.78 is 0. The van der Waals surface area contributed by atoms with Gasteiger partial charge in [0.1, 0.15) is 11.6 Å². The highest BCUT2D eigenvalue weighted by molar-refractivity contribution is 7.99. The SMILES string of the molecule is Cc1ccc(Sc2ccc(/C=C(\C#N)C(=O)NC(C)c3ccccc3)cc2[N+](=O)[O-])cc1. The third-order valence-electron chi connectivity index (χ3n) is 4.75. The van der Waals surface area contributed by atoms with Gasteiger partial charge in [0, 0.05) is 11.0 Å². The lowest BCUT2D eigenvalue weighted by molar-refractivity contribution is -0.387. The first-order valence-corrected chi connectivity index (χ1v) is 10.7. The van der Waals surface area contributed by atoms with Crippen LogP contribution in [0, 0.1) is 28.4 Å². The number of benzene rings is 3. The zero-order valence-corrected chi connectivity index (χ0v) is 18.4. The number of nitro benzene ring substituents is 1. The van der Waals surface area contributed by atoms with Crippen molar-refractivity contribution in [3.8, 4) is 6.07 Å². The predicted octanol–water partition coefficient (Wildman–Crippen LogP) is 5.84. The van der Waals surface area contributed by atoms with Gasteiger partial charge in [-0.2, -0.15) is 5.26 Å². The van der Waals surface area contributed by atoms with Crippen molar-refractivity contribution >= 4 is 29.4 Å². The van der Waals surface area contributed by atoms with Crippen LogP contribution in [0.3, 0.4) is 0 Å². The lowest BCUT2D eigenvalue weighted by Crippen LogP contribution is -2.27. The summed E-state index contributed by atoms with van der Waals surface area (Å²) in [6, 6.07) is 23.4. The van der Waals surface area contributed by atoms with Crippen LogP contribution in [0.25, 0.3) is 6.08 Å². The fourth-order valence-corrected chi connectivity index (χ4v) is 3.90. The summed E-state index contributed by atoms with van der Waals surface area (Å²) in [5.41, 5.74) is 2.21. The van der Waals surface area contributed by atoms with E-state index < -0.39 is 10.8 Å². The maximum Gasteiger partial charge on any atom is 0.283 e. The van der Waals surface area contributed by atoms with Gasteiger partial charge in [-0.05, 0) is 49.2 Å². The van der Waals surface area contributed by atoms with Crippen LogP contribution >= 0.6 is 11.8 Å². The molecule has 0 heterocycles. The van der Waals surface area contributed by atoms with Gasteiger partial charge in [0.2, 0.25) is 0 Å². The molecular formula is C25H21N3O3S. The Morgan fingerprint density at radius 1 is 1.12 bits per heavy atom. The minimum absolute atomic E-state index is 0.0836. The average Bonchev–Trinajstić information content (AvgIpc) is 2.80. The predicted molar refractivity (Wildman–Crippen MR) is 125 cm³/mol. The number of nitrogens with one attached hydrogen (secondary N) is 1. The summed E-state index contributed by atoms with van der Waals surface area (Å²) in [5.74, 6) is -0.537. The van der Waals surface area contributed by atoms with E-state index in [1.807, 2.05) is 74.5 Å². The van der Waals surface area contributed by atoms with Crippen LogP contribution in [0.1, 0.15) is 29.7 Å². The van der Waals surface area contributed by atoms with Gasteiger partial charge in [-0.3, -0.25) is 14.9 Å². The van der Waals surface area contributed by atoms with Crippen LogP contribution in [0.5, 0.6) is 0 Å². The Balaban J connectivity index is 1.83. The van der Waals surface area contributed by atoms with Crippen LogP contribution in [-0.4, -0.2) is 10.8 Å². The van der Waals surface area contributed by atoms with Crippen LogP contribution in [-0.2, 0) is 4.79 Å². The van der Waals surface area contributed by atoms with E-state index in [1.54, 1.807) is 12.1 Å². The molecule has 3 rings (SSSR count). The third-order valence-corrected chi connectivity index (χ3v) is 5.82. The monoisotopic (exact) mass is 443 g/mol. The molecule has 1 unspecified atom stereocenters. The van der Waals surface area contributed by atoms with E-state index in [4.69, 9.17) is 0 Å². The number of carbonyl (C=O) groups is 1. The molecule has 7 heteroatoms. The summed E-state index contributed by atoms with van der Waals surface area (Å²) >= 11 is 1.29. The summed E-state index contributed by atoms with van der Waals surface area (Å²) in [4.78, 5) is 25.1. The molecule has 0 fully saturated rings. The number of nitriles is 1. The maximum absolute atomic E-state index is 12.6. The van der Waals surface area contributed by atoms with E-state index in [1.165, 1.54) is 23.9 Å². The number of rotatable bonds is 7. The Morgan fingerprint density at radius 2 is 1.81 bits per heavy atom. The number of amides is 1. The highest BCUT2D eigenvalue weighted by Gasteiger charge is 2.18. The normalized spacial score (nSPS) is 12.0. The van der Waals surface area contributed by atoms with Crippen LogP contribution < -0.4 is 5.32 Å². The largest absolute Gasteiger partial charge is 0.345 e. The van der Waals surface area contributed by atoms with E-state index in [9.17, 15) is 20.2 Å². The Kier molecular flexibility index (Phi) is 7.42. The number of hydrogen-bond acceptors (Lipinski definition) is 5. The van der Waals surface area contributed by atoms with Gasteiger partial charge in [-0.15, -0.1) is 0 Å². The zero-order valence-electron chi connectivity index (χ0n) is 17.6. The first-order valence-electron chi connectivity index (χ1n) is 9.88. The Hall–Kier alpha value is -3.89. The second-order valence-electron chi connectivity index (χ2n) is 7.18. The molecule has 0 aliphatic carbocycles. The molecule has 1 N–H and O–H groups in total. The van der Waals surface area contributed by atoms with Gasteiger partial charge in [-0.25, -0.2) is 0 Å². The summed E-state index contributed by atoms with van der Waals surface area (Å²) in [6.07, 6.45) is 1.36. The summed E-state index contributed by atoms with van der Waals surface area (Å²) in [7, 11) is 0. The Morgan fingerprint density at radius 3 is 2.44 bits per heavy atom. The number of nitrogens with zero attached hydrogens (tertiary/aromatic N) is 2. The Labute approximate surface area is 190 Å². The van der Waals surface area contributed by atoms with Crippen LogP contribution in [0.15, 0.2) is 88.2 Å². The second-order valence-corrected chi connectivity index (χ2v) is 8.29. The molecule has 0 aliphatic rings. The maximum atomic E-state index is 12.6. The molecule has 160 valence electrons. The fraction of sp³-hybridized carbons (Fsp3) is 0.120. The standard InChI is InChI=1S/C25H21N3O3S/c1-17-8-11-22(12-9-17)32-24-13-10-19(15-23(24)28(30)31)14-21(16-26)25(29)27-18(2)20-6-4-3-5-7-20/h3-15,18H,1-2H3,(H,27,29)/b21-14+. The molecule has 0 spiro atoms. The molecule has 0 saturated carbocycles. The molecule has 0 aliphatic heterocycles. The Bertz CT molecular complexity index is 1200. The number of hydrogen-bond donors (Lipinski definition) is 1. The number of aryl methyl sites for hydroxylation is 1. The lowest BCUT2D eigenvalue weighted by atomic mass is 10.1. The molecule has 0 bridgehead atoms. The lowest BCUT2D eigenvalue weighted by Gasteiger charge is -2.13.